The molecule has 0 aliphatic carbocycles. The van der Waals surface area contributed by atoms with E-state index < -0.39 is 59.7 Å². The Hall–Kier alpha value is -3.92. The molecule has 0 N–H and O–H groups in total. The van der Waals surface area contributed by atoms with Crippen molar-refractivity contribution in [2.24, 2.45) is 0 Å². The second-order valence-corrected chi connectivity index (χ2v) is 2.87. The van der Waals surface area contributed by atoms with Crippen molar-refractivity contribution in [2.45, 2.75) is 0 Å². The quantitative estimate of drug-likeness (QED) is 0.205. The molecule has 0 atom stereocenters. The Bertz CT molecular complexity index is 508. The summed E-state index contributed by atoms with van der Waals surface area (Å²) in [6, 6.07) is 0. The molecular weight excluding hydrogens is 808 g/mol. The van der Waals surface area contributed by atoms with Gasteiger partial charge in [-0.15, -0.1) is 0 Å². The summed E-state index contributed by atoms with van der Waals surface area (Å²) in [5.74, 6) is -21.9. The molecule has 0 heterocycles. The molecular formula is C10O20W2. The van der Waals surface area contributed by atoms with E-state index in [1.807, 2.05) is 0 Å². The van der Waals surface area contributed by atoms with Crippen LogP contribution in [0.15, 0.2) is 0 Å². The zero-order chi connectivity index (χ0) is 25.8. The van der Waals surface area contributed by atoms with Gasteiger partial charge < -0.3 is 99.0 Å². The largest absolute Gasteiger partial charge is 5.00 e. The predicted octanol–water partition coefficient (Wildman–Crippen LogP) is -17.6. The second-order valence-electron chi connectivity index (χ2n) is 2.87. The van der Waals surface area contributed by atoms with Crippen LogP contribution in [0.5, 0.6) is 0 Å². The summed E-state index contributed by atoms with van der Waals surface area (Å²) in [6.07, 6.45) is 0. The summed E-state index contributed by atoms with van der Waals surface area (Å²) in [5.41, 5.74) is 0. The van der Waals surface area contributed by atoms with Gasteiger partial charge in [0.2, 0.25) is 0 Å². The van der Waals surface area contributed by atoms with Crippen molar-refractivity contribution in [3.8, 4) is 0 Å². The van der Waals surface area contributed by atoms with Gasteiger partial charge in [-0.05, 0) is 0 Å². The van der Waals surface area contributed by atoms with Gasteiger partial charge in [-0.1, -0.05) is 0 Å². The Morgan fingerprint density at radius 3 is 0.250 bits per heavy atom. The Labute approximate surface area is 200 Å². The summed E-state index contributed by atoms with van der Waals surface area (Å²) in [7, 11) is 0. The molecule has 0 rings (SSSR count). The molecule has 20 nitrogen and oxygen atoms in total. The molecule has 172 valence electrons. The van der Waals surface area contributed by atoms with E-state index in [1.54, 1.807) is 0 Å². The number of carbonyl (C=O) groups excluding carboxylic acids is 10. The predicted molar refractivity (Wildman–Crippen MR) is 50.1 cm³/mol. The first-order valence-electron chi connectivity index (χ1n) is 5.33. The zero-order valence-corrected chi connectivity index (χ0v) is 19.8. The maximum absolute atomic E-state index is 8.93. The van der Waals surface area contributed by atoms with Gasteiger partial charge in [-0.3, -0.25) is 0 Å². The van der Waals surface area contributed by atoms with Crippen LogP contribution in [0.4, 0.5) is 0 Å². The van der Waals surface area contributed by atoms with Gasteiger partial charge in [0.15, 0.2) is 0 Å². The summed E-state index contributed by atoms with van der Waals surface area (Å²) in [4.78, 5) is 89.3. The Kier molecular flexibility index (Phi) is 39.2. The molecule has 0 aliphatic rings. The standard InChI is InChI=1S/5C2H2O4.2W/c5*3-1(4)2(5)6;;/h5*(H,3,4)(H,5,6);;/q;;;;;2*+5/p-10. The Morgan fingerprint density at radius 1 is 0.219 bits per heavy atom. The van der Waals surface area contributed by atoms with Crippen LogP contribution in [0.1, 0.15) is 0 Å². The SMILES string of the molecule is O=C([O-])C(=O)[O-].O=C([O-])C(=O)[O-].O=C([O-])C(=O)[O-].O=C([O-])C(=O)[O-].O=C([O-])C(=O)[O-].[W+5].[W+5]. The van der Waals surface area contributed by atoms with E-state index in [-0.39, 0.29) is 42.1 Å². The molecule has 2 radical (unpaired) electrons. The van der Waals surface area contributed by atoms with Gasteiger partial charge in [-0.25, -0.2) is 0 Å². The normalized spacial score (nSPS) is 6.88. The van der Waals surface area contributed by atoms with E-state index in [2.05, 4.69) is 0 Å². The van der Waals surface area contributed by atoms with Crippen molar-refractivity contribution in [2.75, 3.05) is 0 Å². The minimum absolute atomic E-state index is 0. The topological polar surface area (TPSA) is 401 Å². The van der Waals surface area contributed by atoms with Crippen LogP contribution in [0, 0.1) is 0 Å². The number of carboxylic acid groups (broad SMARTS) is 10. The van der Waals surface area contributed by atoms with Crippen molar-refractivity contribution >= 4 is 59.7 Å². The molecule has 0 amide bonds. The zero-order valence-electron chi connectivity index (χ0n) is 14.0. The van der Waals surface area contributed by atoms with Crippen LogP contribution >= 0.6 is 0 Å². The first-order chi connectivity index (χ1) is 13.2. The fourth-order valence-corrected chi connectivity index (χ4v) is 0. The molecule has 0 saturated carbocycles. The van der Waals surface area contributed by atoms with E-state index in [0.29, 0.717) is 0 Å². The van der Waals surface area contributed by atoms with Gasteiger partial charge in [0, 0.05) is 0 Å². The molecule has 0 aliphatic heterocycles. The van der Waals surface area contributed by atoms with Crippen molar-refractivity contribution in [3.05, 3.63) is 0 Å². The molecule has 0 fully saturated rings. The maximum Gasteiger partial charge on any atom is 5.00 e. The number of hydrogen-bond donors (Lipinski definition) is 0. The smallest absolute Gasteiger partial charge is 0.543 e. The third kappa shape index (κ3) is 63.4. The van der Waals surface area contributed by atoms with E-state index in [0.717, 1.165) is 0 Å². The number of rotatable bonds is 0. The number of carboxylic acids is 10. The maximum atomic E-state index is 8.93. The minimum Gasteiger partial charge on any atom is -0.543 e. The number of aliphatic carboxylic acids is 10. The Balaban J connectivity index is -0.0000000481. The van der Waals surface area contributed by atoms with E-state index in [9.17, 15) is 0 Å². The third-order valence-corrected chi connectivity index (χ3v) is 0.833. The average molecular weight is 808 g/mol. The van der Waals surface area contributed by atoms with Gasteiger partial charge in [-0.2, -0.15) is 0 Å². The Morgan fingerprint density at radius 2 is 0.250 bits per heavy atom. The van der Waals surface area contributed by atoms with E-state index in [1.165, 1.54) is 0 Å². The summed E-state index contributed by atoms with van der Waals surface area (Å²) in [6.45, 7) is 0. The summed E-state index contributed by atoms with van der Waals surface area (Å²) >= 11 is 0. The molecule has 22 heteroatoms. The van der Waals surface area contributed by atoms with Crippen molar-refractivity contribution in [3.63, 3.8) is 0 Å². The molecule has 0 aromatic rings. The molecule has 0 aromatic carbocycles. The first kappa shape index (κ1) is 46.3. The van der Waals surface area contributed by atoms with Crippen molar-refractivity contribution in [1.29, 1.82) is 0 Å². The van der Waals surface area contributed by atoms with Crippen molar-refractivity contribution < 1.29 is 141 Å². The second kappa shape index (κ2) is 27.1. The average Bonchev–Trinajstić information content (AvgIpc) is 2.56. The van der Waals surface area contributed by atoms with Gasteiger partial charge >= 0.3 is 42.1 Å². The van der Waals surface area contributed by atoms with Crippen molar-refractivity contribution in [1.82, 2.24) is 0 Å². The molecule has 32 heavy (non-hydrogen) atoms. The number of carbonyl (C=O) groups is 10. The fraction of sp³-hybridized carbons (Fsp3) is 0. The first-order valence-corrected chi connectivity index (χ1v) is 5.33. The van der Waals surface area contributed by atoms with Crippen LogP contribution in [-0.4, -0.2) is 59.7 Å². The fourth-order valence-electron chi connectivity index (χ4n) is 0. The van der Waals surface area contributed by atoms with Crippen LogP contribution in [0.3, 0.4) is 0 Å². The van der Waals surface area contributed by atoms with Crippen LogP contribution in [0.25, 0.3) is 0 Å². The molecule has 0 spiro atoms. The summed E-state index contributed by atoms with van der Waals surface area (Å²) in [5, 5.41) is 89.3. The third-order valence-electron chi connectivity index (χ3n) is 0.833. The number of hydrogen-bond acceptors (Lipinski definition) is 20. The van der Waals surface area contributed by atoms with E-state index in [4.69, 9.17) is 99.0 Å². The van der Waals surface area contributed by atoms with E-state index >= 15 is 0 Å². The molecule has 0 unspecified atom stereocenters. The van der Waals surface area contributed by atoms with Crippen LogP contribution in [-0.2, 0) is 90.1 Å². The van der Waals surface area contributed by atoms with Gasteiger partial charge in [0.25, 0.3) is 0 Å². The summed E-state index contributed by atoms with van der Waals surface area (Å²) < 4.78 is 0. The molecule has 0 bridgehead atoms. The van der Waals surface area contributed by atoms with Gasteiger partial charge in [0.1, 0.15) is 0 Å². The molecule has 0 saturated heterocycles. The van der Waals surface area contributed by atoms with Crippen LogP contribution < -0.4 is 51.1 Å². The monoisotopic (exact) mass is 808 g/mol. The van der Waals surface area contributed by atoms with Gasteiger partial charge in [0.05, 0.1) is 59.7 Å². The molecule has 0 aromatic heterocycles. The minimum atomic E-state index is -2.19. The van der Waals surface area contributed by atoms with Crippen LogP contribution in [0.2, 0.25) is 0 Å².